The van der Waals surface area contributed by atoms with Gasteiger partial charge in [0.15, 0.2) is 17.5 Å². The lowest BCUT2D eigenvalue weighted by molar-refractivity contribution is -0.386. The zero-order valence-corrected chi connectivity index (χ0v) is 20.3. The summed E-state index contributed by atoms with van der Waals surface area (Å²) >= 11 is 1.43. The van der Waals surface area contributed by atoms with Crippen LogP contribution in [0.15, 0.2) is 40.7 Å². The number of benzene rings is 1. The number of carbonyl (C=O) groups is 1. The number of hydrogen-bond donors (Lipinski definition) is 0. The number of nitro groups is 1. The predicted molar refractivity (Wildman–Crippen MR) is 124 cm³/mol. The fourth-order valence-corrected chi connectivity index (χ4v) is 5.75. The van der Waals surface area contributed by atoms with Gasteiger partial charge in [0.1, 0.15) is 0 Å². The number of aryl methyl sites for hydroxylation is 1. The lowest BCUT2D eigenvalue weighted by Gasteiger charge is -2.18. The maximum absolute atomic E-state index is 12.8. The van der Waals surface area contributed by atoms with Gasteiger partial charge >= 0.3 is 5.69 Å². The number of nitrogens with zero attached hydrogens (tertiary/aromatic N) is 4. The summed E-state index contributed by atoms with van der Waals surface area (Å²) in [6, 6.07) is 5.13. The largest absolute Gasteiger partial charge is 0.478 e. The third-order valence-corrected chi connectivity index (χ3v) is 7.97. The molecule has 0 N–H and O–H groups in total. The number of ketones is 1. The summed E-state index contributed by atoms with van der Waals surface area (Å²) in [6.07, 6.45) is 1.67. The molecule has 0 aliphatic carbocycles. The van der Waals surface area contributed by atoms with Crippen molar-refractivity contribution in [2.45, 2.75) is 32.6 Å². The molecule has 0 bridgehead atoms. The van der Waals surface area contributed by atoms with E-state index in [2.05, 4.69) is 4.98 Å². The summed E-state index contributed by atoms with van der Waals surface area (Å²) in [5, 5.41) is 14.1. The standard InChI is InChI=1S/C21H24N4O6S2/c1-5-23(6-2)33(29,30)16-7-8-20(18(12-16)25(27)28)31-13-19(26)17-11-14(3)24(15(17)4)21-22-9-10-32-21/h7-12H,5-6,13H2,1-4H3. The minimum absolute atomic E-state index is 0.180. The Morgan fingerprint density at radius 2 is 1.94 bits per heavy atom. The molecule has 0 aliphatic heterocycles. The first-order chi connectivity index (χ1) is 15.6. The zero-order valence-electron chi connectivity index (χ0n) is 18.6. The first-order valence-corrected chi connectivity index (χ1v) is 12.5. The van der Waals surface area contributed by atoms with Crippen molar-refractivity contribution in [1.82, 2.24) is 13.9 Å². The Balaban J connectivity index is 1.85. The van der Waals surface area contributed by atoms with E-state index in [9.17, 15) is 23.3 Å². The highest BCUT2D eigenvalue weighted by molar-refractivity contribution is 7.89. The lowest BCUT2D eigenvalue weighted by Crippen LogP contribution is -2.30. The first-order valence-electron chi connectivity index (χ1n) is 10.1. The van der Waals surface area contributed by atoms with E-state index in [0.717, 1.165) is 16.9 Å². The summed E-state index contributed by atoms with van der Waals surface area (Å²) in [7, 11) is -3.88. The number of Topliss-reactive ketones (excluding diaryl/α,β-unsaturated/α-hetero) is 1. The minimum atomic E-state index is -3.88. The van der Waals surface area contributed by atoms with Gasteiger partial charge in [0.2, 0.25) is 15.8 Å². The molecule has 2 aromatic heterocycles. The number of hydrogen-bond acceptors (Lipinski definition) is 8. The molecular weight excluding hydrogens is 468 g/mol. The number of rotatable bonds is 10. The van der Waals surface area contributed by atoms with E-state index in [1.165, 1.54) is 27.8 Å². The van der Waals surface area contributed by atoms with Crippen molar-refractivity contribution in [3.63, 3.8) is 0 Å². The molecule has 0 fully saturated rings. The van der Waals surface area contributed by atoms with E-state index in [0.29, 0.717) is 11.3 Å². The monoisotopic (exact) mass is 492 g/mol. The predicted octanol–water partition coefficient (Wildman–Crippen LogP) is 3.75. The van der Waals surface area contributed by atoms with Crippen LogP contribution in [0.3, 0.4) is 0 Å². The van der Waals surface area contributed by atoms with Crippen molar-refractivity contribution < 1.29 is 22.9 Å². The van der Waals surface area contributed by atoms with Crippen LogP contribution in [0.4, 0.5) is 5.69 Å². The van der Waals surface area contributed by atoms with Gasteiger partial charge in [-0.2, -0.15) is 4.31 Å². The highest BCUT2D eigenvalue weighted by Crippen LogP contribution is 2.31. The van der Waals surface area contributed by atoms with E-state index >= 15 is 0 Å². The molecule has 0 amide bonds. The highest BCUT2D eigenvalue weighted by atomic mass is 32.2. The number of aromatic nitrogens is 2. The van der Waals surface area contributed by atoms with Crippen LogP contribution in [0, 0.1) is 24.0 Å². The molecule has 33 heavy (non-hydrogen) atoms. The van der Waals surface area contributed by atoms with Gasteiger partial charge in [-0.25, -0.2) is 13.4 Å². The van der Waals surface area contributed by atoms with E-state index in [1.807, 2.05) is 16.9 Å². The first kappa shape index (κ1) is 24.6. The second-order valence-corrected chi connectivity index (χ2v) is 9.93. The molecule has 12 heteroatoms. The lowest BCUT2D eigenvalue weighted by atomic mass is 10.1. The quantitative estimate of drug-likeness (QED) is 0.240. The number of carbonyl (C=O) groups excluding carboxylic acids is 1. The third-order valence-electron chi connectivity index (χ3n) is 5.17. The van der Waals surface area contributed by atoms with Gasteiger partial charge in [-0.15, -0.1) is 11.3 Å². The molecular formula is C21H24N4O6S2. The summed E-state index contributed by atoms with van der Waals surface area (Å²) in [5.41, 5.74) is 1.41. The van der Waals surface area contributed by atoms with Crippen molar-refractivity contribution in [1.29, 1.82) is 0 Å². The second-order valence-electron chi connectivity index (χ2n) is 7.12. The van der Waals surface area contributed by atoms with Gasteiger partial charge in [-0.05, 0) is 32.0 Å². The Bertz CT molecular complexity index is 1280. The summed E-state index contributed by atoms with van der Waals surface area (Å²) < 4.78 is 33.9. The molecule has 0 saturated carbocycles. The Hall–Kier alpha value is -3.09. The normalized spacial score (nSPS) is 11.7. The summed E-state index contributed by atoms with van der Waals surface area (Å²) in [4.78, 5) is 27.7. The van der Waals surface area contributed by atoms with Crippen LogP contribution in [0.1, 0.15) is 35.6 Å². The molecule has 0 radical (unpaired) electrons. The zero-order chi connectivity index (χ0) is 24.3. The number of thiazole rings is 1. The topological polar surface area (TPSA) is 125 Å². The number of ether oxygens (including phenoxy) is 1. The van der Waals surface area contributed by atoms with Gasteiger partial charge in [0, 0.05) is 47.7 Å². The van der Waals surface area contributed by atoms with Crippen molar-refractivity contribution in [3.8, 4) is 10.9 Å². The molecule has 176 valence electrons. The van der Waals surface area contributed by atoms with Gasteiger partial charge < -0.3 is 4.74 Å². The molecule has 2 heterocycles. The fourth-order valence-electron chi connectivity index (χ4n) is 3.52. The Labute approximate surface area is 195 Å². The molecule has 10 nitrogen and oxygen atoms in total. The van der Waals surface area contributed by atoms with Gasteiger partial charge in [0.05, 0.1) is 9.82 Å². The van der Waals surface area contributed by atoms with Crippen LogP contribution in [0.2, 0.25) is 0 Å². The van der Waals surface area contributed by atoms with E-state index in [-0.39, 0.29) is 29.5 Å². The molecule has 3 rings (SSSR count). The number of sulfonamides is 1. The van der Waals surface area contributed by atoms with Gasteiger partial charge in [0.25, 0.3) is 0 Å². The Morgan fingerprint density at radius 1 is 1.24 bits per heavy atom. The van der Waals surface area contributed by atoms with E-state index in [4.69, 9.17) is 4.74 Å². The molecule has 3 aromatic rings. The highest BCUT2D eigenvalue weighted by Gasteiger charge is 2.27. The Morgan fingerprint density at radius 3 is 2.52 bits per heavy atom. The Kier molecular flexibility index (Phi) is 7.30. The molecule has 0 unspecified atom stereocenters. The molecule has 0 aliphatic rings. The maximum Gasteiger partial charge on any atom is 0.312 e. The van der Waals surface area contributed by atoms with Crippen molar-refractivity contribution in [3.05, 3.63) is 62.9 Å². The maximum atomic E-state index is 12.8. The summed E-state index contributed by atoms with van der Waals surface area (Å²) in [6.45, 7) is 7.04. The van der Waals surface area contributed by atoms with Crippen LogP contribution in [-0.4, -0.2) is 52.7 Å². The molecule has 0 atom stereocenters. The van der Waals surface area contributed by atoms with Crippen molar-refractivity contribution >= 4 is 32.8 Å². The van der Waals surface area contributed by atoms with Crippen molar-refractivity contribution in [2.24, 2.45) is 0 Å². The van der Waals surface area contributed by atoms with Crippen LogP contribution in [0.5, 0.6) is 5.75 Å². The second kappa shape index (κ2) is 9.81. The van der Waals surface area contributed by atoms with E-state index < -0.39 is 27.2 Å². The van der Waals surface area contributed by atoms with Gasteiger partial charge in [-0.3, -0.25) is 19.5 Å². The van der Waals surface area contributed by atoms with Crippen LogP contribution in [0.25, 0.3) is 5.13 Å². The molecule has 0 spiro atoms. The smallest absolute Gasteiger partial charge is 0.312 e. The third kappa shape index (κ3) is 4.82. The summed E-state index contributed by atoms with van der Waals surface area (Å²) in [5.74, 6) is -0.541. The van der Waals surface area contributed by atoms with Crippen LogP contribution < -0.4 is 4.74 Å². The van der Waals surface area contributed by atoms with Crippen LogP contribution in [-0.2, 0) is 10.0 Å². The SMILES string of the molecule is CCN(CC)S(=O)(=O)c1ccc(OCC(=O)c2cc(C)n(-c3nccs3)c2C)c([N+](=O)[O-])c1. The van der Waals surface area contributed by atoms with Gasteiger partial charge in [-0.1, -0.05) is 13.8 Å². The average Bonchev–Trinajstić information content (AvgIpc) is 3.39. The molecule has 0 saturated heterocycles. The minimum Gasteiger partial charge on any atom is -0.478 e. The average molecular weight is 493 g/mol. The van der Waals surface area contributed by atoms with Crippen molar-refractivity contribution in [2.75, 3.05) is 19.7 Å². The molecule has 1 aromatic carbocycles. The van der Waals surface area contributed by atoms with Crippen LogP contribution >= 0.6 is 11.3 Å². The van der Waals surface area contributed by atoms with E-state index in [1.54, 1.807) is 33.0 Å². The fraction of sp³-hybridized carbons (Fsp3) is 0.333. The number of nitro benzene ring substituents is 1.